The van der Waals surface area contributed by atoms with Crippen LogP contribution >= 0.6 is 0 Å². The van der Waals surface area contributed by atoms with Crippen molar-refractivity contribution in [2.24, 2.45) is 5.92 Å². The van der Waals surface area contributed by atoms with E-state index in [1.54, 1.807) is 18.5 Å². The molecular weight excluding hydrogens is 371 g/mol. The molecule has 152 valence electrons. The standard InChI is InChI=1S/C22H25FN4O2/c1-3-4-20(28)19-5-12(2)16(11-25-19)18-6-13-10-26-21(7-14(13)9-24-18)27-22(29)15-8-17(15)23/h5-7,9-11,15,17,19-20,25,28H,3-4,8H2,1-2H3,(H,26,27,29). The summed E-state index contributed by atoms with van der Waals surface area (Å²) >= 11 is 0. The Morgan fingerprint density at radius 3 is 2.76 bits per heavy atom. The van der Waals surface area contributed by atoms with E-state index in [1.165, 1.54) is 0 Å². The molecule has 3 heterocycles. The number of amides is 1. The van der Waals surface area contributed by atoms with Gasteiger partial charge in [0.05, 0.1) is 23.8 Å². The number of aromatic nitrogens is 2. The zero-order chi connectivity index (χ0) is 20.5. The fourth-order valence-corrected chi connectivity index (χ4v) is 3.58. The first-order valence-corrected chi connectivity index (χ1v) is 10.0. The van der Waals surface area contributed by atoms with Gasteiger partial charge in [-0.2, -0.15) is 0 Å². The fourth-order valence-electron chi connectivity index (χ4n) is 3.58. The molecule has 1 aliphatic heterocycles. The van der Waals surface area contributed by atoms with E-state index in [9.17, 15) is 14.3 Å². The smallest absolute Gasteiger partial charge is 0.231 e. The minimum atomic E-state index is -1.03. The summed E-state index contributed by atoms with van der Waals surface area (Å²) in [6.07, 6.45) is 7.87. The topological polar surface area (TPSA) is 87.1 Å². The van der Waals surface area contributed by atoms with Crippen molar-refractivity contribution in [1.82, 2.24) is 15.3 Å². The average molecular weight is 396 g/mol. The lowest BCUT2D eigenvalue weighted by molar-refractivity contribution is -0.117. The molecule has 7 heteroatoms. The molecule has 4 atom stereocenters. The molecule has 6 nitrogen and oxygen atoms in total. The van der Waals surface area contributed by atoms with Gasteiger partial charge in [0, 0.05) is 34.9 Å². The average Bonchev–Trinajstić information content (AvgIpc) is 3.44. The number of rotatable bonds is 6. The second-order valence-electron chi connectivity index (χ2n) is 7.79. The number of halogens is 1. The maximum Gasteiger partial charge on any atom is 0.231 e. The summed E-state index contributed by atoms with van der Waals surface area (Å²) in [5.74, 6) is -0.473. The summed E-state index contributed by atoms with van der Waals surface area (Å²) in [7, 11) is 0. The summed E-state index contributed by atoms with van der Waals surface area (Å²) < 4.78 is 13.0. The van der Waals surface area contributed by atoms with Crippen LogP contribution in [0.4, 0.5) is 10.2 Å². The highest BCUT2D eigenvalue weighted by atomic mass is 19.1. The molecule has 0 aromatic carbocycles. The third-order valence-corrected chi connectivity index (χ3v) is 5.45. The molecule has 1 aliphatic carbocycles. The number of carbonyl (C=O) groups is 1. The van der Waals surface area contributed by atoms with Crippen LogP contribution in [0.5, 0.6) is 0 Å². The van der Waals surface area contributed by atoms with E-state index in [1.807, 2.05) is 25.3 Å². The van der Waals surface area contributed by atoms with Crippen molar-refractivity contribution in [3.63, 3.8) is 0 Å². The number of hydrogen-bond donors (Lipinski definition) is 3. The van der Waals surface area contributed by atoms with E-state index in [-0.39, 0.29) is 18.4 Å². The Bertz CT molecular complexity index is 1000. The molecule has 2 aliphatic rings. The molecule has 1 fully saturated rings. The van der Waals surface area contributed by atoms with Crippen molar-refractivity contribution in [2.75, 3.05) is 5.32 Å². The van der Waals surface area contributed by atoms with E-state index < -0.39 is 18.2 Å². The number of fused-ring (bicyclic) bond motifs is 1. The molecule has 1 amide bonds. The number of carbonyl (C=O) groups excluding carboxylic acids is 1. The molecule has 0 saturated heterocycles. The van der Waals surface area contributed by atoms with Crippen LogP contribution in [0.25, 0.3) is 16.3 Å². The Labute approximate surface area is 168 Å². The van der Waals surface area contributed by atoms with Gasteiger partial charge in [0.2, 0.25) is 5.91 Å². The molecule has 2 aromatic rings. The summed E-state index contributed by atoms with van der Waals surface area (Å²) in [6, 6.07) is 3.59. The van der Waals surface area contributed by atoms with Crippen LogP contribution < -0.4 is 10.6 Å². The highest BCUT2D eigenvalue weighted by molar-refractivity contribution is 5.96. The third kappa shape index (κ3) is 4.15. The lowest BCUT2D eigenvalue weighted by atomic mass is 9.95. The Morgan fingerprint density at radius 2 is 2.07 bits per heavy atom. The fraction of sp³-hybridized carbons (Fsp3) is 0.409. The number of hydrogen-bond acceptors (Lipinski definition) is 5. The van der Waals surface area contributed by atoms with Gasteiger partial charge in [-0.15, -0.1) is 0 Å². The Morgan fingerprint density at radius 1 is 1.34 bits per heavy atom. The van der Waals surface area contributed by atoms with Crippen LogP contribution in [0, 0.1) is 5.92 Å². The summed E-state index contributed by atoms with van der Waals surface area (Å²) in [5, 5.41) is 17.9. The maximum atomic E-state index is 13.0. The number of aliphatic hydroxyl groups is 1. The normalized spacial score (nSPS) is 24.3. The predicted molar refractivity (Wildman–Crippen MR) is 111 cm³/mol. The van der Waals surface area contributed by atoms with Gasteiger partial charge in [-0.05, 0) is 37.5 Å². The zero-order valence-electron chi connectivity index (χ0n) is 16.5. The van der Waals surface area contributed by atoms with E-state index in [0.717, 1.165) is 40.5 Å². The minimum absolute atomic E-state index is 0.0950. The molecule has 3 N–H and O–H groups in total. The van der Waals surface area contributed by atoms with E-state index >= 15 is 0 Å². The summed E-state index contributed by atoms with van der Waals surface area (Å²) in [5.41, 5.74) is 2.82. The number of alkyl halides is 1. The number of nitrogens with one attached hydrogen (secondary N) is 2. The molecule has 4 unspecified atom stereocenters. The number of dihydropyridines is 1. The first-order chi connectivity index (χ1) is 14.0. The van der Waals surface area contributed by atoms with Gasteiger partial charge in [-0.1, -0.05) is 19.4 Å². The van der Waals surface area contributed by atoms with Crippen LogP contribution in [0.15, 0.2) is 42.4 Å². The molecule has 0 bridgehead atoms. The van der Waals surface area contributed by atoms with Crippen molar-refractivity contribution in [1.29, 1.82) is 0 Å². The molecule has 0 radical (unpaired) electrons. The van der Waals surface area contributed by atoms with Crippen LogP contribution in [-0.2, 0) is 4.79 Å². The van der Waals surface area contributed by atoms with Crippen LogP contribution in [0.1, 0.15) is 38.8 Å². The van der Waals surface area contributed by atoms with E-state index in [0.29, 0.717) is 5.82 Å². The van der Waals surface area contributed by atoms with Gasteiger partial charge < -0.3 is 15.7 Å². The Balaban J connectivity index is 1.51. The number of anilines is 1. The molecular formula is C22H25FN4O2. The second kappa shape index (κ2) is 7.91. The van der Waals surface area contributed by atoms with Crippen molar-refractivity contribution < 1.29 is 14.3 Å². The largest absolute Gasteiger partial charge is 0.391 e. The lowest BCUT2D eigenvalue weighted by Crippen LogP contribution is -2.37. The maximum absolute atomic E-state index is 13.0. The molecule has 1 saturated carbocycles. The summed E-state index contributed by atoms with van der Waals surface area (Å²) in [4.78, 5) is 20.7. The van der Waals surface area contributed by atoms with Gasteiger partial charge >= 0.3 is 0 Å². The first kappa shape index (κ1) is 19.5. The van der Waals surface area contributed by atoms with Crippen molar-refractivity contribution in [3.05, 3.63) is 48.1 Å². The zero-order valence-corrected chi connectivity index (χ0v) is 16.5. The Kier molecular flexibility index (Phi) is 5.32. The van der Waals surface area contributed by atoms with Crippen molar-refractivity contribution >= 4 is 28.1 Å². The van der Waals surface area contributed by atoms with Gasteiger partial charge in [-0.25, -0.2) is 9.37 Å². The monoisotopic (exact) mass is 396 g/mol. The molecule has 2 aromatic heterocycles. The highest BCUT2D eigenvalue weighted by Gasteiger charge is 2.43. The third-order valence-electron chi connectivity index (χ3n) is 5.45. The van der Waals surface area contributed by atoms with Gasteiger partial charge in [-0.3, -0.25) is 9.78 Å². The van der Waals surface area contributed by atoms with Crippen LogP contribution in [0.3, 0.4) is 0 Å². The number of aliphatic hydroxyl groups excluding tert-OH is 1. The SMILES string of the molecule is CCCC(O)C1C=C(C)C(c2cc3cnc(NC(=O)C4CC4F)cc3cn2)=CN1. The molecule has 4 rings (SSSR count). The highest BCUT2D eigenvalue weighted by Crippen LogP contribution is 2.34. The second-order valence-corrected chi connectivity index (χ2v) is 7.79. The van der Waals surface area contributed by atoms with Gasteiger partial charge in [0.1, 0.15) is 12.0 Å². The quantitative estimate of drug-likeness (QED) is 0.697. The number of pyridine rings is 2. The first-order valence-electron chi connectivity index (χ1n) is 10.0. The van der Waals surface area contributed by atoms with E-state index in [4.69, 9.17) is 0 Å². The number of allylic oxidation sites excluding steroid dienone is 2. The van der Waals surface area contributed by atoms with Crippen molar-refractivity contribution in [2.45, 2.75) is 51.4 Å². The van der Waals surface area contributed by atoms with Crippen LogP contribution in [-0.4, -0.2) is 39.3 Å². The van der Waals surface area contributed by atoms with Crippen molar-refractivity contribution in [3.8, 4) is 0 Å². The minimum Gasteiger partial charge on any atom is -0.391 e. The van der Waals surface area contributed by atoms with E-state index in [2.05, 4.69) is 27.5 Å². The van der Waals surface area contributed by atoms with Gasteiger partial charge in [0.25, 0.3) is 0 Å². The molecule has 0 spiro atoms. The number of nitrogens with zero attached hydrogens (tertiary/aromatic N) is 2. The van der Waals surface area contributed by atoms with Gasteiger partial charge in [0.15, 0.2) is 0 Å². The van der Waals surface area contributed by atoms with Crippen LogP contribution in [0.2, 0.25) is 0 Å². The Hall–Kier alpha value is -2.80. The predicted octanol–water partition coefficient (Wildman–Crippen LogP) is 3.35. The molecule has 29 heavy (non-hydrogen) atoms. The lowest BCUT2D eigenvalue weighted by Gasteiger charge is -2.26. The summed E-state index contributed by atoms with van der Waals surface area (Å²) in [6.45, 7) is 4.06.